The van der Waals surface area contributed by atoms with Crippen LogP contribution in [-0.2, 0) is 28.7 Å². The molecule has 0 saturated carbocycles. The first-order valence-corrected chi connectivity index (χ1v) is 13.4. The van der Waals surface area contributed by atoms with Crippen molar-refractivity contribution in [3.63, 3.8) is 0 Å². The fraction of sp³-hybridized carbons (Fsp3) is 0.630. The molecule has 2 fully saturated rings. The molecule has 0 unspecified atom stereocenters. The summed E-state index contributed by atoms with van der Waals surface area (Å²) in [6.07, 6.45) is 1.48. The van der Waals surface area contributed by atoms with E-state index in [4.69, 9.17) is 9.47 Å². The lowest BCUT2D eigenvalue weighted by atomic mass is 10.0. The predicted molar refractivity (Wildman–Crippen MR) is 145 cm³/mol. The highest BCUT2D eigenvalue weighted by Gasteiger charge is 2.41. The van der Waals surface area contributed by atoms with Crippen molar-refractivity contribution in [3.8, 4) is 0 Å². The van der Waals surface area contributed by atoms with Gasteiger partial charge in [-0.25, -0.2) is 9.59 Å². The molecule has 2 aliphatic rings. The van der Waals surface area contributed by atoms with Gasteiger partial charge in [0, 0.05) is 19.6 Å². The molecule has 0 bridgehead atoms. The number of hydrogen-bond donors (Lipinski definition) is 4. The van der Waals surface area contributed by atoms with Gasteiger partial charge in [0.15, 0.2) is 0 Å². The number of ether oxygens (including phenoxy) is 2. The normalized spacial score (nSPS) is 23.5. The summed E-state index contributed by atoms with van der Waals surface area (Å²) in [7, 11) is 0. The molecule has 2 aliphatic heterocycles. The van der Waals surface area contributed by atoms with E-state index in [0.717, 1.165) is 0 Å². The first kappa shape index (κ1) is 32.3. The third-order valence-electron chi connectivity index (χ3n) is 6.15. The Kier molecular flexibility index (Phi) is 12.1. The minimum atomic E-state index is -1.15. The van der Waals surface area contributed by atoms with Gasteiger partial charge in [0.05, 0.1) is 12.6 Å². The van der Waals surface area contributed by atoms with Gasteiger partial charge in [0.1, 0.15) is 17.7 Å². The Balaban J connectivity index is 2.32. The van der Waals surface area contributed by atoms with E-state index in [1.807, 2.05) is 0 Å². The highest BCUT2D eigenvalue weighted by Crippen LogP contribution is 2.24. The van der Waals surface area contributed by atoms with Crippen molar-refractivity contribution in [2.45, 2.75) is 83.0 Å². The number of rotatable bonds is 5. The van der Waals surface area contributed by atoms with Crippen molar-refractivity contribution in [1.29, 1.82) is 0 Å². The standard InChI is InChI=1S/C27H41N5O8/c1-6-12-28-23(35)21(33)18-10-7-8-13-29-25(37)39-14-9-11-19(31-26(38)40-27(3,4)5)24(36)32-16-17(2)15-20(32)22(34)30-18/h6,18-20H,1-2,7-16H2,3-5H3,(H,28,35)(H,29,37)(H,30,34)(H,31,38)/t18-,19-,20-/m0/s1. The number of alkyl carbamates (subject to hydrolysis) is 2. The average Bonchev–Trinajstić information content (AvgIpc) is 3.27. The molecule has 13 heteroatoms. The number of hydrogen-bond acceptors (Lipinski definition) is 8. The Morgan fingerprint density at radius 1 is 1.15 bits per heavy atom. The van der Waals surface area contributed by atoms with Crippen LogP contribution in [0, 0.1) is 0 Å². The molecule has 13 nitrogen and oxygen atoms in total. The predicted octanol–water partition coefficient (Wildman–Crippen LogP) is 1.08. The van der Waals surface area contributed by atoms with Crippen LogP contribution in [-0.4, -0.2) is 90.6 Å². The van der Waals surface area contributed by atoms with Gasteiger partial charge < -0.3 is 35.6 Å². The molecular formula is C27H41N5O8. The third kappa shape index (κ3) is 10.3. The summed E-state index contributed by atoms with van der Waals surface area (Å²) >= 11 is 0. The molecular weight excluding hydrogens is 522 g/mol. The summed E-state index contributed by atoms with van der Waals surface area (Å²) in [6.45, 7) is 12.9. The fourth-order valence-electron chi connectivity index (χ4n) is 4.29. The summed E-state index contributed by atoms with van der Waals surface area (Å²) in [5.41, 5.74) is -0.194. The SMILES string of the molecule is C=CCNC(=O)C(=O)[C@@H]1CCCCNC(=O)OCCC[C@H](NC(=O)OC(C)(C)C)C(=O)N2CC(=C)C[C@H]2C(=O)N1. The molecule has 0 aromatic rings. The van der Waals surface area contributed by atoms with E-state index in [1.165, 1.54) is 11.0 Å². The van der Waals surface area contributed by atoms with Gasteiger partial charge in [-0.3, -0.25) is 19.2 Å². The lowest BCUT2D eigenvalue weighted by molar-refractivity contribution is -0.143. The van der Waals surface area contributed by atoms with Crippen LogP contribution >= 0.6 is 0 Å². The van der Waals surface area contributed by atoms with Gasteiger partial charge in [0.25, 0.3) is 5.91 Å². The Labute approximate surface area is 234 Å². The Morgan fingerprint density at radius 2 is 1.88 bits per heavy atom. The molecule has 222 valence electrons. The Morgan fingerprint density at radius 3 is 2.55 bits per heavy atom. The summed E-state index contributed by atoms with van der Waals surface area (Å²) < 4.78 is 10.5. The van der Waals surface area contributed by atoms with E-state index >= 15 is 0 Å². The molecule has 40 heavy (non-hydrogen) atoms. The van der Waals surface area contributed by atoms with E-state index in [9.17, 15) is 28.8 Å². The molecule has 4 N–H and O–H groups in total. The molecule has 2 rings (SSSR count). The van der Waals surface area contributed by atoms with Crippen molar-refractivity contribution < 1.29 is 38.2 Å². The number of carbonyl (C=O) groups is 6. The summed E-state index contributed by atoms with van der Waals surface area (Å²) in [4.78, 5) is 78.1. The maximum Gasteiger partial charge on any atom is 0.408 e. The minimum Gasteiger partial charge on any atom is -0.450 e. The summed E-state index contributed by atoms with van der Waals surface area (Å²) in [6, 6.07) is -3.23. The van der Waals surface area contributed by atoms with Gasteiger partial charge in [-0.05, 0) is 59.3 Å². The second-order valence-electron chi connectivity index (χ2n) is 10.8. The molecule has 0 aromatic carbocycles. The minimum absolute atomic E-state index is 0.00136. The smallest absolute Gasteiger partial charge is 0.408 e. The monoisotopic (exact) mass is 563 g/mol. The van der Waals surface area contributed by atoms with Gasteiger partial charge in [0.2, 0.25) is 17.6 Å². The van der Waals surface area contributed by atoms with Crippen LogP contribution in [0.4, 0.5) is 9.59 Å². The van der Waals surface area contributed by atoms with Crippen LogP contribution < -0.4 is 21.3 Å². The maximum atomic E-state index is 13.6. The van der Waals surface area contributed by atoms with E-state index in [0.29, 0.717) is 18.4 Å². The molecule has 0 aliphatic carbocycles. The number of ketones is 1. The van der Waals surface area contributed by atoms with Crippen LogP contribution in [0.2, 0.25) is 0 Å². The summed E-state index contributed by atoms with van der Waals surface area (Å²) in [5.74, 6) is -2.87. The highest BCUT2D eigenvalue weighted by atomic mass is 16.6. The fourth-order valence-corrected chi connectivity index (χ4v) is 4.29. The molecule has 2 heterocycles. The molecule has 0 spiro atoms. The van der Waals surface area contributed by atoms with Crippen molar-refractivity contribution in [1.82, 2.24) is 26.2 Å². The first-order chi connectivity index (χ1) is 18.8. The van der Waals surface area contributed by atoms with Crippen LogP contribution in [0.5, 0.6) is 0 Å². The number of cyclic esters (lactones) is 1. The zero-order valence-corrected chi connectivity index (χ0v) is 23.5. The third-order valence-corrected chi connectivity index (χ3v) is 6.15. The van der Waals surface area contributed by atoms with Crippen LogP contribution in [0.1, 0.15) is 59.3 Å². The van der Waals surface area contributed by atoms with E-state index in [2.05, 4.69) is 34.4 Å². The van der Waals surface area contributed by atoms with Crippen LogP contribution in [0.25, 0.3) is 0 Å². The number of nitrogens with zero attached hydrogens (tertiary/aromatic N) is 1. The first-order valence-electron chi connectivity index (χ1n) is 13.4. The second kappa shape index (κ2) is 15.0. The quantitative estimate of drug-likeness (QED) is 0.284. The van der Waals surface area contributed by atoms with Crippen molar-refractivity contribution >= 4 is 35.7 Å². The van der Waals surface area contributed by atoms with Gasteiger partial charge in [-0.1, -0.05) is 18.2 Å². The molecule has 0 radical (unpaired) electrons. The summed E-state index contributed by atoms with van der Waals surface area (Å²) in [5, 5.41) is 10.2. The Bertz CT molecular complexity index is 1010. The molecule has 5 amide bonds. The topological polar surface area (TPSA) is 172 Å². The van der Waals surface area contributed by atoms with Crippen molar-refractivity contribution in [3.05, 3.63) is 24.8 Å². The molecule has 2 saturated heterocycles. The maximum absolute atomic E-state index is 13.6. The number of amides is 5. The Hall–Kier alpha value is -3.90. The molecule has 3 atom stereocenters. The van der Waals surface area contributed by atoms with Gasteiger partial charge in [-0.15, -0.1) is 6.58 Å². The van der Waals surface area contributed by atoms with E-state index in [-0.39, 0.29) is 51.9 Å². The molecule has 0 aromatic heterocycles. The zero-order chi connectivity index (χ0) is 29.9. The largest absolute Gasteiger partial charge is 0.450 e. The lowest BCUT2D eigenvalue weighted by Crippen LogP contribution is -2.56. The number of carbonyl (C=O) groups excluding carboxylic acids is 6. The van der Waals surface area contributed by atoms with Crippen LogP contribution in [0.3, 0.4) is 0 Å². The van der Waals surface area contributed by atoms with Gasteiger partial charge >= 0.3 is 12.2 Å². The van der Waals surface area contributed by atoms with E-state index in [1.54, 1.807) is 20.8 Å². The highest BCUT2D eigenvalue weighted by molar-refractivity contribution is 6.38. The number of nitrogens with one attached hydrogen (secondary N) is 4. The number of fused-ring (bicyclic) bond motifs is 1. The number of Topliss-reactive ketones (excluding diaryl/α,β-unsaturated/α-hetero) is 1. The van der Waals surface area contributed by atoms with Gasteiger partial charge in [-0.2, -0.15) is 0 Å². The second-order valence-corrected chi connectivity index (χ2v) is 10.8. The van der Waals surface area contributed by atoms with Crippen molar-refractivity contribution in [2.24, 2.45) is 0 Å². The average molecular weight is 564 g/mol. The lowest BCUT2D eigenvalue weighted by Gasteiger charge is -2.30. The van der Waals surface area contributed by atoms with E-state index < -0.39 is 59.4 Å². The zero-order valence-electron chi connectivity index (χ0n) is 23.5. The van der Waals surface area contributed by atoms with Crippen molar-refractivity contribution in [2.75, 3.05) is 26.2 Å². The van der Waals surface area contributed by atoms with Crippen LogP contribution in [0.15, 0.2) is 24.8 Å².